The van der Waals surface area contributed by atoms with Gasteiger partial charge >= 0.3 is 0 Å². The Kier molecular flexibility index (Phi) is 5.94. The lowest BCUT2D eigenvalue weighted by Crippen LogP contribution is -2.44. The van der Waals surface area contributed by atoms with Gasteiger partial charge in [0.05, 0.1) is 6.54 Å². The molecule has 0 bridgehead atoms. The minimum atomic E-state index is -0.561. The molecule has 26 heavy (non-hydrogen) atoms. The van der Waals surface area contributed by atoms with Crippen LogP contribution in [0.25, 0.3) is 0 Å². The molecule has 0 spiro atoms. The van der Waals surface area contributed by atoms with E-state index in [2.05, 4.69) is 46.0 Å². The van der Waals surface area contributed by atoms with Crippen molar-refractivity contribution in [2.75, 3.05) is 7.05 Å². The summed E-state index contributed by atoms with van der Waals surface area (Å²) in [7, 11) is 1.75. The Balaban J connectivity index is 1.46. The van der Waals surface area contributed by atoms with Crippen LogP contribution in [0.3, 0.4) is 0 Å². The molecule has 1 aliphatic carbocycles. The summed E-state index contributed by atoms with van der Waals surface area (Å²) < 4.78 is 5.37. The number of nitrogens with two attached hydrogens (primary N) is 1. The normalized spacial score (nSPS) is 20.6. The van der Waals surface area contributed by atoms with E-state index < -0.39 is 5.91 Å². The van der Waals surface area contributed by atoms with Crippen LogP contribution in [0, 0.1) is 0 Å². The zero-order valence-electron chi connectivity index (χ0n) is 15.1. The van der Waals surface area contributed by atoms with E-state index in [9.17, 15) is 4.79 Å². The fraction of sp³-hybridized carbons (Fsp3) is 0.400. The second-order valence-corrected chi connectivity index (χ2v) is 6.66. The molecule has 0 unspecified atom stereocenters. The van der Waals surface area contributed by atoms with Crippen molar-refractivity contribution in [1.82, 2.24) is 10.6 Å². The second kappa shape index (κ2) is 8.56. The van der Waals surface area contributed by atoms with Crippen molar-refractivity contribution >= 4 is 11.9 Å². The molecule has 6 heteroatoms. The number of furan rings is 1. The first kappa shape index (κ1) is 18.0. The number of primary amides is 1. The van der Waals surface area contributed by atoms with E-state index in [-0.39, 0.29) is 5.76 Å². The fourth-order valence-electron chi connectivity index (χ4n) is 3.46. The molecule has 1 aromatic heterocycles. The Morgan fingerprint density at radius 1 is 1.15 bits per heavy atom. The Morgan fingerprint density at radius 3 is 2.50 bits per heavy atom. The fourth-order valence-corrected chi connectivity index (χ4v) is 3.46. The molecule has 0 atom stereocenters. The first-order valence-electron chi connectivity index (χ1n) is 9.06. The van der Waals surface area contributed by atoms with Gasteiger partial charge in [0.15, 0.2) is 11.7 Å². The average molecular weight is 354 g/mol. The van der Waals surface area contributed by atoms with E-state index >= 15 is 0 Å². The molecule has 3 rings (SSSR count). The predicted octanol–water partition coefficient (Wildman–Crippen LogP) is 2.77. The minimum Gasteiger partial charge on any atom is -0.454 e. The Bertz CT molecular complexity index is 746. The quantitative estimate of drug-likeness (QED) is 0.569. The molecule has 0 saturated heterocycles. The number of benzene rings is 1. The smallest absolute Gasteiger partial charge is 0.284 e. The maximum absolute atomic E-state index is 11.1. The highest BCUT2D eigenvalue weighted by atomic mass is 16.3. The SMILES string of the molecule is CN=C(NCc1ccc(C(N)=O)o1)NC1CCC(c2ccccc2)CC1. The molecule has 138 valence electrons. The molecule has 0 radical (unpaired) electrons. The summed E-state index contributed by atoms with van der Waals surface area (Å²) >= 11 is 0. The lowest BCUT2D eigenvalue weighted by atomic mass is 9.82. The van der Waals surface area contributed by atoms with E-state index in [4.69, 9.17) is 10.2 Å². The van der Waals surface area contributed by atoms with Gasteiger partial charge in [-0.05, 0) is 49.3 Å². The van der Waals surface area contributed by atoms with Gasteiger partial charge in [0.2, 0.25) is 0 Å². The molecule has 1 aromatic carbocycles. The van der Waals surface area contributed by atoms with Crippen LogP contribution < -0.4 is 16.4 Å². The zero-order chi connectivity index (χ0) is 18.4. The topological polar surface area (TPSA) is 92.6 Å². The van der Waals surface area contributed by atoms with E-state index in [1.165, 1.54) is 18.4 Å². The molecular weight excluding hydrogens is 328 g/mol. The summed E-state index contributed by atoms with van der Waals surface area (Å²) in [5.41, 5.74) is 6.64. The third-order valence-corrected chi connectivity index (χ3v) is 4.90. The third-order valence-electron chi connectivity index (χ3n) is 4.90. The molecule has 1 fully saturated rings. The van der Waals surface area contributed by atoms with Crippen molar-refractivity contribution in [2.45, 2.75) is 44.2 Å². The van der Waals surface area contributed by atoms with Crippen LogP contribution in [0.2, 0.25) is 0 Å². The number of hydrogen-bond acceptors (Lipinski definition) is 3. The van der Waals surface area contributed by atoms with E-state index in [1.54, 1.807) is 19.2 Å². The molecule has 6 nitrogen and oxygen atoms in total. The second-order valence-electron chi connectivity index (χ2n) is 6.66. The van der Waals surface area contributed by atoms with Gasteiger partial charge < -0.3 is 20.8 Å². The van der Waals surface area contributed by atoms with Crippen LogP contribution in [0.1, 0.15) is 53.5 Å². The predicted molar refractivity (Wildman–Crippen MR) is 102 cm³/mol. The van der Waals surface area contributed by atoms with Gasteiger partial charge in [-0.15, -0.1) is 0 Å². The highest BCUT2D eigenvalue weighted by Gasteiger charge is 2.22. The number of rotatable bonds is 5. The Morgan fingerprint density at radius 2 is 1.88 bits per heavy atom. The number of amides is 1. The lowest BCUT2D eigenvalue weighted by molar-refractivity contribution is 0.0972. The largest absolute Gasteiger partial charge is 0.454 e. The summed E-state index contributed by atoms with van der Waals surface area (Å²) in [4.78, 5) is 15.3. The summed E-state index contributed by atoms with van der Waals surface area (Å²) in [6, 6.07) is 14.5. The van der Waals surface area contributed by atoms with E-state index in [0.717, 1.165) is 18.8 Å². The maximum atomic E-state index is 11.1. The van der Waals surface area contributed by atoms with Crippen molar-refractivity contribution in [2.24, 2.45) is 10.7 Å². The number of carbonyl (C=O) groups is 1. The summed E-state index contributed by atoms with van der Waals surface area (Å²) in [6.07, 6.45) is 4.59. The van der Waals surface area contributed by atoms with Crippen LogP contribution >= 0.6 is 0 Å². The van der Waals surface area contributed by atoms with Crippen molar-refractivity contribution in [3.8, 4) is 0 Å². The van der Waals surface area contributed by atoms with Gasteiger partial charge in [0.25, 0.3) is 5.91 Å². The van der Waals surface area contributed by atoms with Gasteiger partial charge in [0.1, 0.15) is 5.76 Å². The minimum absolute atomic E-state index is 0.170. The first-order chi connectivity index (χ1) is 12.7. The monoisotopic (exact) mass is 354 g/mol. The van der Waals surface area contributed by atoms with Crippen LogP contribution in [-0.2, 0) is 6.54 Å². The highest BCUT2D eigenvalue weighted by Crippen LogP contribution is 2.32. The Hall–Kier alpha value is -2.76. The Labute approximate surface area is 153 Å². The zero-order valence-corrected chi connectivity index (χ0v) is 15.1. The summed E-state index contributed by atoms with van der Waals surface area (Å²) in [5.74, 6) is 1.65. The number of aliphatic imine (C=N–C) groups is 1. The van der Waals surface area contributed by atoms with Gasteiger partial charge in [0, 0.05) is 13.1 Å². The number of nitrogens with one attached hydrogen (secondary N) is 2. The molecule has 1 aliphatic rings. The van der Waals surface area contributed by atoms with Crippen LogP contribution in [-0.4, -0.2) is 25.0 Å². The highest BCUT2D eigenvalue weighted by molar-refractivity contribution is 5.89. The van der Waals surface area contributed by atoms with Gasteiger partial charge in [-0.2, -0.15) is 0 Å². The number of carbonyl (C=O) groups excluding carboxylic acids is 1. The van der Waals surface area contributed by atoms with E-state index in [1.807, 2.05) is 0 Å². The van der Waals surface area contributed by atoms with Crippen molar-refractivity contribution in [3.05, 3.63) is 59.5 Å². The number of nitrogens with zero attached hydrogens (tertiary/aromatic N) is 1. The molecule has 1 amide bonds. The standard InChI is InChI=1S/C20H26N4O2/c1-22-20(23-13-17-11-12-18(26-17)19(21)25)24-16-9-7-15(8-10-16)14-5-3-2-4-6-14/h2-6,11-12,15-16H,7-10,13H2,1H3,(H2,21,25)(H2,22,23,24). The molecule has 1 saturated carbocycles. The van der Waals surface area contributed by atoms with Gasteiger partial charge in [-0.25, -0.2) is 0 Å². The third kappa shape index (κ3) is 4.65. The first-order valence-corrected chi connectivity index (χ1v) is 9.06. The van der Waals surface area contributed by atoms with Crippen LogP contribution in [0.4, 0.5) is 0 Å². The molecular formula is C20H26N4O2. The average Bonchev–Trinajstić information content (AvgIpc) is 3.16. The summed E-state index contributed by atoms with van der Waals surface area (Å²) in [6.45, 7) is 0.451. The maximum Gasteiger partial charge on any atom is 0.284 e. The van der Waals surface area contributed by atoms with Gasteiger partial charge in [-0.3, -0.25) is 9.79 Å². The molecule has 4 N–H and O–H groups in total. The van der Waals surface area contributed by atoms with Crippen LogP contribution in [0.15, 0.2) is 51.9 Å². The molecule has 1 heterocycles. The van der Waals surface area contributed by atoms with Crippen LogP contribution in [0.5, 0.6) is 0 Å². The molecule has 2 aromatic rings. The van der Waals surface area contributed by atoms with Gasteiger partial charge in [-0.1, -0.05) is 30.3 Å². The number of guanidine groups is 1. The van der Waals surface area contributed by atoms with E-state index in [0.29, 0.717) is 24.3 Å². The lowest BCUT2D eigenvalue weighted by Gasteiger charge is -2.30. The summed E-state index contributed by atoms with van der Waals surface area (Å²) in [5, 5.41) is 6.70. The van der Waals surface area contributed by atoms with Crippen molar-refractivity contribution in [1.29, 1.82) is 0 Å². The van der Waals surface area contributed by atoms with Crippen molar-refractivity contribution in [3.63, 3.8) is 0 Å². The number of hydrogen-bond donors (Lipinski definition) is 3. The molecule has 0 aliphatic heterocycles. The van der Waals surface area contributed by atoms with Crippen molar-refractivity contribution < 1.29 is 9.21 Å².